The molecule has 1 aromatic carbocycles. The maximum atomic E-state index is 12.5. The zero-order valence-electron chi connectivity index (χ0n) is 16.4. The van der Waals surface area contributed by atoms with Gasteiger partial charge in [0.05, 0.1) is 24.6 Å². The highest BCUT2D eigenvalue weighted by molar-refractivity contribution is 7.98. The lowest BCUT2D eigenvalue weighted by Crippen LogP contribution is -2.43. The lowest BCUT2D eigenvalue weighted by molar-refractivity contribution is -0.136. The molecular weight excluding hydrogens is 390 g/mol. The Morgan fingerprint density at radius 1 is 1.21 bits per heavy atom. The van der Waals surface area contributed by atoms with Gasteiger partial charge in [-0.05, 0) is 24.6 Å². The third-order valence-electron chi connectivity index (χ3n) is 5.05. The molecule has 0 spiro atoms. The largest absolute Gasteiger partial charge is 0.379 e. The predicted octanol–water partition coefficient (Wildman–Crippen LogP) is 1.31. The highest BCUT2D eigenvalue weighted by Crippen LogP contribution is 2.36. The summed E-state index contributed by atoms with van der Waals surface area (Å²) in [5.74, 6) is 0.872. The van der Waals surface area contributed by atoms with Gasteiger partial charge in [-0.1, -0.05) is 12.1 Å². The second-order valence-electron chi connectivity index (χ2n) is 7.18. The summed E-state index contributed by atoms with van der Waals surface area (Å²) in [6.45, 7) is 6.26. The molecular formula is C20H25N5O3S. The van der Waals surface area contributed by atoms with Crippen LogP contribution >= 0.6 is 11.8 Å². The minimum Gasteiger partial charge on any atom is -0.379 e. The Morgan fingerprint density at radius 2 is 2.03 bits per heavy atom. The van der Waals surface area contributed by atoms with Crippen molar-refractivity contribution in [3.05, 3.63) is 41.1 Å². The first-order chi connectivity index (χ1) is 14.1. The van der Waals surface area contributed by atoms with E-state index in [4.69, 9.17) is 4.74 Å². The molecule has 0 aliphatic carbocycles. The number of morpholine rings is 1. The molecule has 0 unspecified atom stereocenters. The van der Waals surface area contributed by atoms with Crippen molar-refractivity contribution in [2.24, 2.45) is 0 Å². The van der Waals surface area contributed by atoms with Gasteiger partial charge in [-0.3, -0.25) is 14.5 Å². The van der Waals surface area contributed by atoms with E-state index in [0.29, 0.717) is 32.1 Å². The molecule has 2 N–H and O–H groups in total. The van der Waals surface area contributed by atoms with Crippen LogP contribution in [0.1, 0.15) is 16.8 Å². The quantitative estimate of drug-likeness (QED) is 0.716. The van der Waals surface area contributed by atoms with Crippen molar-refractivity contribution >= 4 is 29.4 Å². The van der Waals surface area contributed by atoms with E-state index in [1.807, 2.05) is 31.2 Å². The first kappa shape index (κ1) is 19.9. The monoisotopic (exact) mass is 415 g/mol. The Morgan fingerprint density at radius 3 is 2.83 bits per heavy atom. The van der Waals surface area contributed by atoms with Crippen LogP contribution in [0.25, 0.3) is 5.69 Å². The van der Waals surface area contributed by atoms with Crippen LogP contribution in [0.4, 0.5) is 5.82 Å². The van der Waals surface area contributed by atoms with Gasteiger partial charge in [0.1, 0.15) is 5.82 Å². The molecule has 154 valence electrons. The predicted molar refractivity (Wildman–Crippen MR) is 112 cm³/mol. The number of anilines is 1. The Labute approximate surface area is 174 Å². The second kappa shape index (κ2) is 8.98. The molecule has 2 aromatic rings. The van der Waals surface area contributed by atoms with E-state index in [1.165, 1.54) is 0 Å². The molecule has 2 aliphatic rings. The summed E-state index contributed by atoms with van der Waals surface area (Å²) in [4.78, 5) is 27.1. The maximum absolute atomic E-state index is 12.5. The molecule has 1 aromatic heterocycles. The number of nitrogens with one attached hydrogen (secondary N) is 2. The summed E-state index contributed by atoms with van der Waals surface area (Å²) >= 11 is 1.75. The van der Waals surface area contributed by atoms with Gasteiger partial charge in [-0.15, -0.1) is 0 Å². The van der Waals surface area contributed by atoms with Crippen LogP contribution in [0, 0.1) is 6.92 Å². The van der Waals surface area contributed by atoms with Crippen LogP contribution < -0.4 is 10.6 Å². The van der Waals surface area contributed by atoms with Gasteiger partial charge in [0.25, 0.3) is 0 Å². The molecule has 0 saturated carbocycles. The minimum absolute atomic E-state index is 0.428. The highest BCUT2D eigenvalue weighted by atomic mass is 32.2. The minimum atomic E-state index is -0.666. The Bertz CT molecular complexity index is 908. The first-order valence-corrected chi connectivity index (χ1v) is 10.9. The van der Waals surface area contributed by atoms with Crippen LogP contribution in [0.3, 0.4) is 0 Å². The zero-order chi connectivity index (χ0) is 20.2. The summed E-state index contributed by atoms with van der Waals surface area (Å²) in [5.41, 5.74) is 3.92. The number of benzene rings is 1. The number of aromatic nitrogens is 2. The number of fused-ring (bicyclic) bond motifs is 1. The third kappa shape index (κ3) is 4.63. The fourth-order valence-corrected chi connectivity index (χ4v) is 4.52. The number of ether oxygens (including phenoxy) is 1. The van der Waals surface area contributed by atoms with Gasteiger partial charge >= 0.3 is 11.8 Å². The molecule has 2 aliphatic heterocycles. The average molecular weight is 416 g/mol. The molecule has 29 heavy (non-hydrogen) atoms. The van der Waals surface area contributed by atoms with E-state index in [-0.39, 0.29) is 0 Å². The molecule has 3 heterocycles. The molecule has 0 bridgehead atoms. The fraction of sp³-hybridized carbons (Fsp3) is 0.450. The van der Waals surface area contributed by atoms with Crippen molar-refractivity contribution in [2.45, 2.75) is 18.4 Å². The number of carbonyl (C=O) groups is 2. The van der Waals surface area contributed by atoms with Gasteiger partial charge in [0, 0.05) is 43.2 Å². The summed E-state index contributed by atoms with van der Waals surface area (Å²) in [6, 6.07) is 7.92. The molecule has 1 fully saturated rings. The van der Waals surface area contributed by atoms with Gasteiger partial charge in [0.15, 0.2) is 0 Å². The highest BCUT2D eigenvalue weighted by Gasteiger charge is 2.26. The normalized spacial score (nSPS) is 16.4. The zero-order valence-corrected chi connectivity index (χ0v) is 17.3. The Kier molecular flexibility index (Phi) is 6.17. The van der Waals surface area contributed by atoms with Crippen molar-refractivity contribution < 1.29 is 14.3 Å². The third-order valence-corrected chi connectivity index (χ3v) is 6.02. The van der Waals surface area contributed by atoms with E-state index < -0.39 is 11.8 Å². The van der Waals surface area contributed by atoms with Crippen molar-refractivity contribution in [1.82, 2.24) is 20.0 Å². The standard InChI is InChI=1S/C20H25N5O3S/c1-14-3-2-4-15(11-14)25-18(16-12-29-13-17(16)23-25)22-20(27)19(26)21-5-6-24-7-9-28-10-8-24/h2-4,11H,5-10,12-13H2,1H3,(H,21,26)(H,22,27). The first-order valence-electron chi connectivity index (χ1n) is 9.76. The van der Waals surface area contributed by atoms with Gasteiger partial charge in [-0.2, -0.15) is 16.9 Å². The lowest BCUT2D eigenvalue weighted by Gasteiger charge is -2.26. The van der Waals surface area contributed by atoms with Crippen molar-refractivity contribution in [2.75, 3.05) is 44.7 Å². The van der Waals surface area contributed by atoms with Crippen LogP contribution in [0.2, 0.25) is 0 Å². The van der Waals surface area contributed by atoms with E-state index in [1.54, 1.807) is 16.4 Å². The molecule has 0 atom stereocenters. The SMILES string of the molecule is Cc1cccc(-n2nc3c(c2NC(=O)C(=O)NCCN2CCOCC2)CSC3)c1. The van der Waals surface area contributed by atoms with Crippen LogP contribution in [0.5, 0.6) is 0 Å². The number of thioether (sulfide) groups is 1. The summed E-state index contributed by atoms with van der Waals surface area (Å²) < 4.78 is 7.05. The number of carbonyl (C=O) groups excluding carboxylic acids is 2. The van der Waals surface area contributed by atoms with Crippen LogP contribution in [0.15, 0.2) is 24.3 Å². The number of rotatable bonds is 5. The summed E-state index contributed by atoms with van der Waals surface area (Å²) in [5, 5.41) is 10.2. The Hall–Kier alpha value is -2.36. The maximum Gasteiger partial charge on any atom is 0.314 e. The smallest absolute Gasteiger partial charge is 0.314 e. The molecule has 9 heteroatoms. The summed E-state index contributed by atoms with van der Waals surface area (Å²) in [7, 11) is 0. The summed E-state index contributed by atoms with van der Waals surface area (Å²) in [6.07, 6.45) is 0. The molecule has 8 nitrogen and oxygen atoms in total. The van der Waals surface area contributed by atoms with Gasteiger partial charge in [-0.25, -0.2) is 4.68 Å². The van der Waals surface area contributed by atoms with E-state index in [9.17, 15) is 9.59 Å². The van der Waals surface area contributed by atoms with Gasteiger partial charge < -0.3 is 15.4 Å². The molecule has 4 rings (SSSR count). The average Bonchev–Trinajstić information content (AvgIpc) is 3.31. The number of aryl methyl sites for hydroxylation is 1. The van der Waals surface area contributed by atoms with E-state index in [0.717, 1.165) is 47.1 Å². The molecule has 2 amide bonds. The van der Waals surface area contributed by atoms with Crippen molar-refractivity contribution in [1.29, 1.82) is 0 Å². The second-order valence-corrected chi connectivity index (χ2v) is 8.17. The Balaban J connectivity index is 1.43. The molecule has 0 radical (unpaired) electrons. The number of nitrogens with zero attached hydrogens (tertiary/aromatic N) is 3. The van der Waals surface area contributed by atoms with E-state index in [2.05, 4.69) is 20.6 Å². The van der Waals surface area contributed by atoms with Crippen LogP contribution in [-0.2, 0) is 25.8 Å². The topological polar surface area (TPSA) is 88.5 Å². The van der Waals surface area contributed by atoms with Crippen molar-refractivity contribution in [3.63, 3.8) is 0 Å². The molecule has 1 saturated heterocycles. The number of hydrogen-bond acceptors (Lipinski definition) is 6. The van der Waals surface area contributed by atoms with Crippen molar-refractivity contribution in [3.8, 4) is 5.69 Å². The van der Waals surface area contributed by atoms with Crippen LogP contribution in [-0.4, -0.2) is 65.9 Å². The van der Waals surface area contributed by atoms with E-state index >= 15 is 0 Å². The lowest BCUT2D eigenvalue weighted by atomic mass is 10.2. The number of amides is 2. The fourth-order valence-electron chi connectivity index (χ4n) is 3.48. The van der Waals surface area contributed by atoms with Gasteiger partial charge in [0.2, 0.25) is 0 Å². The number of hydrogen-bond donors (Lipinski definition) is 2.